The van der Waals surface area contributed by atoms with E-state index in [0.717, 1.165) is 11.1 Å². The third kappa shape index (κ3) is 2.07. The van der Waals surface area contributed by atoms with Crippen LogP contribution in [0.4, 0.5) is 0 Å². The molecule has 0 radical (unpaired) electrons. The molecule has 0 bridgehead atoms. The van der Waals surface area contributed by atoms with Gasteiger partial charge in [-0.25, -0.2) is 4.79 Å². The first-order valence-electron chi connectivity index (χ1n) is 6.41. The normalized spacial score (nSPS) is 17.6. The second-order valence-corrected chi connectivity index (χ2v) is 4.84. The van der Waals surface area contributed by atoms with Gasteiger partial charge in [-0.1, -0.05) is 24.3 Å². The van der Waals surface area contributed by atoms with Crippen molar-refractivity contribution in [2.45, 2.75) is 19.0 Å². The molecule has 0 saturated heterocycles. The van der Waals surface area contributed by atoms with Crippen molar-refractivity contribution in [3.63, 3.8) is 0 Å². The molecule has 0 spiro atoms. The molecule has 1 aromatic heterocycles. The molecule has 3 rings (SSSR count). The van der Waals surface area contributed by atoms with Crippen molar-refractivity contribution in [2.24, 2.45) is 0 Å². The molecule has 0 fully saturated rings. The Morgan fingerprint density at radius 3 is 2.55 bits per heavy atom. The molecule has 0 aliphatic carbocycles. The van der Waals surface area contributed by atoms with Crippen LogP contribution in [-0.4, -0.2) is 32.9 Å². The molecule has 2 N–H and O–H groups in total. The second kappa shape index (κ2) is 4.85. The van der Waals surface area contributed by atoms with Gasteiger partial charge in [0.15, 0.2) is 0 Å². The lowest BCUT2D eigenvalue weighted by Gasteiger charge is -2.34. The van der Waals surface area contributed by atoms with Gasteiger partial charge in [0.25, 0.3) is 5.91 Å². The van der Waals surface area contributed by atoms with E-state index in [1.54, 1.807) is 18.3 Å². The van der Waals surface area contributed by atoms with E-state index in [9.17, 15) is 14.7 Å². The zero-order valence-electron chi connectivity index (χ0n) is 10.7. The van der Waals surface area contributed by atoms with Gasteiger partial charge in [-0.15, -0.1) is 0 Å². The number of hydrogen-bond donors (Lipinski definition) is 2. The predicted octanol–water partition coefficient (Wildman–Crippen LogP) is 1.67. The highest BCUT2D eigenvalue weighted by atomic mass is 16.4. The number of rotatable bonds is 2. The Morgan fingerprint density at radius 1 is 1.15 bits per heavy atom. The molecule has 1 aliphatic rings. The number of carboxylic acids is 1. The van der Waals surface area contributed by atoms with Gasteiger partial charge < -0.3 is 15.0 Å². The maximum absolute atomic E-state index is 12.4. The number of carboxylic acid groups (broad SMARTS) is 1. The number of nitrogens with one attached hydrogen (secondary N) is 1. The quantitative estimate of drug-likeness (QED) is 0.871. The second-order valence-electron chi connectivity index (χ2n) is 4.84. The summed E-state index contributed by atoms with van der Waals surface area (Å²) in [5, 5.41) is 9.38. The molecule has 2 heterocycles. The summed E-state index contributed by atoms with van der Waals surface area (Å²) in [6.45, 7) is 0.324. The number of amides is 1. The molecular weight excluding hydrogens is 256 g/mol. The zero-order valence-corrected chi connectivity index (χ0v) is 10.7. The monoisotopic (exact) mass is 270 g/mol. The molecule has 1 atom stereocenters. The number of aromatic amines is 1. The van der Waals surface area contributed by atoms with E-state index < -0.39 is 12.0 Å². The van der Waals surface area contributed by atoms with Crippen molar-refractivity contribution in [1.29, 1.82) is 0 Å². The van der Waals surface area contributed by atoms with Gasteiger partial charge in [0.05, 0.1) is 0 Å². The van der Waals surface area contributed by atoms with E-state index >= 15 is 0 Å². The summed E-state index contributed by atoms with van der Waals surface area (Å²) in [5.74, 6) is -1.25. The standard InChI is InChI=1S/C15H14N2O3/c18-14(12-6-3-7-16-12)17-9-11-5-2-1-4-10(11)8-13(17)15(19)20/h1-7,13,16H,8-9H2,(H,19,20)/t13-/m0/s1. The van der Waals surface area contributed by atoms with Crippen LogP contribution in [0.1, 0.15) is 21.6 Å². The fraction of sp³-hybridized carbons (Fsp3) is 0.200. The Kier molecular flexibility index (Phi) is 3.02. The minimum absolute atomic E-state index is 0.281. The maximum Gasteiger partial charge on any atom is 0.326 e. The summed E-state index contributed by atoms with van der Waals surface area (Å²) in [4.78, 5) is 28.1. The fourth-order valence-corrected chi connectivity index (χ4v) is 2.58. The Morgan fingerprint density at radius 2 is 1.90 bits per heavy atom. The number of aliphatic carboxylic acids is 1. The minimum atomic E-state index is -0.973. The number of aromatic nitrogens is 1. The highest BCUT2D eigenvalue weighted by molar-refractivity contribution is 5.95. The summed E-state index contributed by atoms with van der Waals surface area (Å²) in [5.41, 5.74) is 2.41. The number of benzene rings is 1. The van der Waals surface area contributed by atoms with Gasteiger partial charge >= 0.3 is 5.97 Å². The third-order valence-electron chi connectivity index (χ3n) is 3.62. The molecule has 0 unspecified atom stereocenters. The zero-order chi connectivity index (χ0) is 14.1. The Balaban J connectivity index is 1.96. The van der Waals surface area contributed by atoms with E-state index in [1.807, 2.05) is 24.3 Å². The van der Waals surface area contributed by atoms with Crippen LogP contribution in [0.3, 0.4) is 0 Å². The first-order valence-corrected chi connectivity index (χ1v) is 6.41. The molecular formula is C15H14N2O3. The van der Waals surface area contributed by atoms with Crippen LogP contribution < -0.4 is 0 Å². The summed E-state index contributed by atoms with van der Waals surface area (Å²) in [7, 11) is 0. The van der Waals surface area contributed by atoms with E-state index in [4.69, 9.17) is 0 Å². The van der Waals surface area contributed by atoms with Crippen LogP contribution in [0, 0.1) is 0 Å². The van der Waals surface area contributed by atoms with Gasteiger partial charge in [-0.05, 0) is 23.3 Å². The van der Waals surface area contributed by atoms with E-state index in [2.05, 4.69) is 4.98 Å². The summed E-state index contributed by atoms with van der Waals surface area (Å²) in [6.07, 6.45) is 2.00. The van der Waals surface area contributed by atoms with Crippen molar-refractivity contribution >= 4 is 11.9 Å². The first kappa shape index (κ1) is 12.5. The predicted molar refractivity (Wildman–Crippen MR) is 72.2 cm³/mol. The lowest BCUT2D eigenvalue weighted by Crippen LogP contribution is -2.48. The fourth-order valence-electron chi connectivity index (χ4n) is 2.58. The molecule has 5 nitrogen and oxygen atoms in total. The van der Waals surface area contributed by atoms with Crippen molar-refractivity contribution in [3.8, 4) is 0 Å². The van der Waals surface area contributed by atoms with Gasteiger partial charge in [0.1, 0.15) is 11.7 Å². The van der Waals surface area contributed by atoms with Gasteiger partial charge in [0, 0.05) is 19.2 Å². The molecule has 1 aromatic carbocycles. The largest absolute Gasteiger partial charge is 0.480 e. The topological polar surface area (TPSA) is 73.4 Å². The average Bonchev–Trinajstić information content (AvgIpc) is 2.99. The molecule has 0 saturated carbocycles. The van der Waals surface area contributed by atoms with Gasteiger partial charge in [-0.3, -0.25) is 4.79 Å². The number of carbonyl (C=O) groups is 2. The van der Waals surface area contributed by atoms with Gasteiger partial charge in [-0.2, -0.15) is 0 Å². The van der Waals surface area contributed by atoms with Crippen molar-refractivity contribution < 1.29 is 14.7 Å². The van der Waals surface area contributed by atoms with E-state index in [0.29, 0.717) is 18.7 Å². The van der Waals surface area contributed by atoms with E-state index in [-0.39, 0.29) is 5.91 Å². The van der Waals surface area contributed by atoms with Crippen LogP contribution in [0.15, 0.2) is 42.6 Å². The Bertz CT molecular complexity index is 649. The smallest absolute Gasteiger partial charge is 0.326 e. The van der Waals surface area contributed by atoms with Crippen LogP contribution in [0.25, 0.3) is 0 Å². The van der Waals surface area contributed by atoms with Crippen LogP contribution in [0.2, 0.25) is 0 Å². The molecule has 102 valence electrons. The highest BCUT2D eigenvalue weighted by Gasteiger charge is 2.35. The minimum Gasteiger partial charge on any atom is -0.480 e. The van der Waals surface area contributed by atoms with Crippen LogP contribution in [0.5, 0.6) is 0 Å². The maximum atomic E-state index is 12.4. The number of nitrogens with zero attached hydrogens (tertiary/aromatic N) is 1. The summed E-state index contributed by atoms with van der Waals surface area (Å²) < 4.78 is 0. The first-order chi connectivity index (χ1) is 9.66. The number of hydrogen-bond acceptors (Lipinski definition) is 2. The lowest BCUT2D eigenvalue weighted by atomic mass is 9.93. The molecule has 1 amide bonds. The molecule has 20 heavy (non-hydrogen) atoms. The van der Waals surface area contributed by atoms with E-state index in [1.165, 1.54) is 4.90 Å². The van der Waals surface area contributed by atoms with Crippen LogP contribution in [-0.2, 0) is 17.8 Å². The Labute approximate surface area is 115 Å². The van der Waals surface area contributed by atoms with Crippen molar-refractivity contribution in [1.82, 2.24) is 9.88 Å². The SMILES string of the molecule is O=C(O)[C@@H]1Cc2ccccc2CN1C(=O)c1ccc[nH]1. The van der Waals surface area contributed by atoms with Gasteiger partial charge in [0.2, 0.25) is 0 Å². The number of H-pyrrole nitrogens is 1. The average molecular weight is 270 g/mol. The highest BCUT2D eigenvalue weighted by Crippen LogP contribution is 2.24. The Hall–Kier alpha value is -2.56. The summed E-state index contributed by atoms with van der Waals surface area (Å²) in [6, 6.07) is 10.2. The summed E-state index contributed by atoms with van der Waals surface area (Å²) >= 11 is 0. The number of carbonyl (C=O) groups excluding carboxylic acids is 1. The third-order valence-corrected chi connectivity index (χ3v) is 3.62. The van der Waals surface area contributed by atoms with Crippen molar-refractivity contribution in [3.05, 3.63) is 59.4 Å². The molecule has 5 heteroatoms. The number of fused-ring (bicyclic) bond motifs is 1. The molecule has 2 aromatic rings. The lowest BCUT2D eigenvalue weighted by molar-refractivity contribution is -0.142. The van der Waals surface area contributed by atoms with Crippen LogP contribution >= 0.6 is 0 Å². The molecule has 1 aliphatic heterocycles. The van der Waals surface area contributed by atoms with Crippen molar-refractivity contribution in [2.75, 3.05) is 0 Å².